The van der Waals surface area contributed by atoms with Crippen molar-refractivity contribution >= 4 is 16.9 Å². The highest BCUT2D eigenvalue weighted by atomic mass is 19.1. The molecule has 0 aliphatic heterocycles. The Hall–Kier alpha value is -3.09. The maximum Gasteiger partial charge on any atom is 0.340 e. The fourth-order valence-electron chi connectivity index (χ4n) is 2.49. The number of carbonyl (C=O) groups is 1. The molecule has 7 heteroatoms. The zero-order valence-corrected chi connectivity index (χ0v) is 13.0. The fourth-order valence-corrected chi connectivity index (χ4v) is 2.49. The SMILES string of the molecule is COc1ncccc1COc1ccc2oc(C)c(C(=O)O)c2c1F. The predicted molar refractivity (Wildman–Crippen MR) is 83.0 cm³/mol. The van der Waals surface area contributed by atoms with Crippen LogP contribution in [-0.4, -0.2) is 23.2 Å². The fraction of sp³-hybridized carbons (Fsp3) is 0.176. The Labute approximate surface area is 136 Å². The summed E-state index contributed by atoms with van der Waals surface area (Å²) in [6.45, 7) is 1.50. The zero-order chi connectivity index (χ0) is 17.3. The number of benzene rings is 1. The van der Waals surface area contributed by atoms with Crippen molar-refractivity contribution in [2.45, 2.75) is 13.5 Å². The van der Waals surface area contributed by atoms with Crippen molar-refractivity contribution < 1.29 is 28.2 Å². The molecule has 1 aromatic carbocycles. The average molecular weight is 331 g/mol. The summed E-state index contributed by atoms with van der Waals surface area (Å²) in [6.07, 6.45) is 1.57. The molecule has 0 saturated carbocycles. The number of aryl methyl sites for hydroxylation is 1. The smallest absolute Gasteiger partial charge is 0.340 e. The Kier molecular flexibility index (Phi) is 4.07. The van der Waals surface area contributed by atoms with Gasteiger partial charge in [-0.3, -0.25) is 0 Å². The minimum atomic E-state index is -1.25. The Bertz CT molecular complexity index is 919. The molecule has 3 rings (SSSR count). The van der Waals surface area contributed by atoms with Gasteiger partial charge in [0, 0.05) is 6.20 Å². The molecule has 124 valence electrons. The van der Waals surface area contributed by atoms with E-state index in [0.29, 0.717) is 11.4 Å². The number of carboxylic acids is 1. The second-order valence-corrected chi connectivity index (χ2v) is 5.05. The second kappa shape index (κ2) is 6.19. The first-order valence-corrected chi connectivity index (χ1v) is 7.08. The van der Waals surface area contributed by atoms with Gasteiger partial charge in [-0.1, -0.05) is 0 Å². The molecule has 0 spiro atoms. The first-order valence-electron chi connectivity index (χ1n) is 7.08. The van der Waals surface area contributed by atoms with E-state index in [1.807, 2.05) is 0 Å². The molecule has 0 atom stereocenters. The van der Waals surface area contributed by atoms with Crippen molar-refractivity contribution in [1.29, 1.82) is 0 Å². The van der Waals surface area contributed by atoms with E-state index < -0.39 is 11.8 Å². The van der Waals surface area contributed by atoms with Gasteiger partial charge in [-0.15, -0.1) is 0 Å². The number of aromatic carboxylic acids is 1. The number of halogens is 1. The highest BCUT2D eigenvalue weighted by molar-refractivity contribution is 6.04. The van der Waals surface area contributed by atoms with E-state index in [9.17, 15) is 14.3 Å². The topological polar surface area (TPSA) is 81.8 Å². The van der Waals surface area contributed by atoms with E-state index in [4.69, 9.17) is 13.9 Å². The van der Waals surface area contributed by atoms with Crippen LogP contribution in [-0.2, 0) is 6.61 Å². The van der Waals surface area contributed by atoms with E-state index in [2.05, 4.69) is 4.98 Å². The Balaban J connectivity index is 1.97. The molecule has 0 amide bonds. The zero-order valence-electron chi connectivity index (χ0n) is 13.0. The second-order valence-electron chi connectivity index (χ2n) is 5.05. The van der Waals surface area contributed by atoms with Crippen molar-refractivity contribution in [3.8, 4) is 11.6 Å². The number of rotatable bonds is 5. The van der Waals surface area contributed by atoms with Crippen molar-refractivity contribution in [3.05, 3.63) is 53.2 Å². The molecule has 0 aliphatic carbocycles. The summed E-state index contributed by atoms with van der Waals surface area (Å²) in [6, 6.07) is 6.33. The summed E-state index contributed by atoms with van der Waals surface area (Å²) in [5.74, 6) is -1.58. The molecule has 0 aliphatic rings. The number of nitrogens with zero attached hydrogens (tertiary/aromatic N) is 1. The molecular weight excluding hydrogens is 317 g/mol. The maximum atomic E-state index is 14.7. The van der Waals surface area contributed by atoms with Gasteiger partial charge in [0.15, 0.2) is 11.6 Å². The number of carboxylic acid groups (broad SMARTS) is 1. The van der Waals surface area contributed by atoms with Gasteiger partial charge in [0.1, 0.15) is 23.5 Å². The normalized spacial score (nSPS) is 10.8. The Morgan fingerprint density at radius 3 is 2.88 bits per heavy atom. The van der Waals surface area contributed by atoms with Crippen LogP contribution >= 0.6 is 0 Å². The number of hydrogen-bond donors (Lipinski definition) is 1. The minimum Gasteiger partial charge on any atom is -0.486 e. The third kappa shape index (κ3) is 2.64. The van der Waals surface area contributed by atoms with Crippen LogP contribution in [0, 0.1) is 12.7 Å². The summed E-state index contributed by atoms with van der Waals surface area (Å²) < 4.78 is 30.6. The minimum absolute atomic E-state index is 0.0265. The van der Waals surface area contributed by atoms with E-state index >= 15 is 0 Å². The quantitative estimate of drug-likeness (QED) is 0.770. The predicted octanol–water partition coefficient (Wildman–Crippen LogP) is 3.56. The third-order valence-corrected chi connectivity index (χ3v) is 3.57. The molecule has 6 nitrogen and oxygen atoms in total. The van der Waals surface area contributed by atoms with Gasteiger partial charge in [-0.05, 0) is 31.2 Å². The highest BCUT2D eigenvalue weighted by Gasteiger charge is 2.23. The Morgan fingerprint density at radius 2 is 2.17 bits per heavy atom. The summed E-state index contributed by atoms with van der Waals surface area (Å²) >= 11 is 0. The van der Waals surface area contributed by atoms with Crippen LogP contribution in [0.1, 0.15) is 21.7 Å². The summed E-state index contributed by atoms with van der Waals surface area (Å²) in [4.78, 5) is 15.4. The molecule has 24 heavy (non-hydrogen) atoms. The van der Waals surface area contributed by atoms with E-state index in [1.54, 1.807) is 18.3 Å². The number of pyridine rings is 1. The van der Waals surface area contributed by atoms with Gasteiger partial charge in [0.2, 0.25) is 5.88 Å². The molecule has 1 N–H and O–H groups in total. The number of hydrogen-bond acceptors (Lipinski definition) is 5. The number of methoxy groups -OCH3 is 1. The number of furan rings is 1. The van der Waals surface area contributed by atoms with Gasteiger partial charge in [0.05, 0.1) is 18.1 Å². The molecule has 0 saturated heterocycles. The van der Waals surface area contributed by atoms with Crippen LogP contribution in [0.3, 0.4) is 0 Å². The van der Waals surface area contributed by atoms with Crippen molar-refractivity contribution in [2.24, 2.45) is 0 Å². The average Bonchev–Trinajstić information content (AvgIpc) is 2.91. The Morgan fingerprint density at radius 1 is 1.38 bits per heavy atom. The lowest BCUT2D eigenvalue weighted by molar-refractivity contribution is 0.0696. The van der Waals surface area contributed by atoms with E-state index in [-0.39, 0.29) is 34.6 Å². The van der Waals surface area contributed by atoms with Gasteiger partial charge in [-0.2, -0.15) is 0 Å². The highest BCUT2D eigenvalue weighted by Crippen LogP contribution is 2.33. The van der Waals surface area contributed by atoms with Crippen molar-refractivity contribution in [1.82, 2.24) is 4.98 Å². The lowest BCUT2D eigenvalue weighted by Gasteiger charge is -2.10. The molecule has 0 fully saturated rings. The van der Waals surface area contributed by atoms with Gasteiger partial charge < -0.3 is 19.0 Å². The lowest BCUT2D eigenvalue weighted by atomic mass is 10.1. The van der Waals surface area contributed by atoms with Crippen molar-refractivity contribution in [2.75, 3.05) is 7.11 Å². The van der Waals surface area contributed by atoms with E-state index in [1.165, 1.54) is 26.2 Å². The van der Waals surface area contributed by atoms with Gasteiger partial charge >= 0.3 is 5.97 Å². The van der Waals surface area contributed by atoms with Crippen LogP contribution in [0.25, 0.3) is 11.0 Å². The molecule has 2 aromatic heterocycles. The summed E-state index contributed by atoms with van der Waals surface area (Å²) in [5, 5.41) is 9.15. The van der Waals surface area contributed by atoms with Crippen LogP contribution in [0.4, 0.5) is 4.39 Å². The van der Waals surface area contributed by atoms with Crippen LogP contribution in [0.5, 0.6) is 11.6 Å². The number of ether oxygens (including phenoxy) is 2. The number of aromatic nitrogens is 1. The first-order chi connectivity index (χ1) is 11.5. The monoisotopic (exact) mass is 331 g/mol. The van der Waals surface area contributed by atoms with Crippen LogP contribution in [0.2, 0.25) is 0 Å². The molecule has 2 heterocycles. The van der Waals surface area contributed by atoms with Crippen LogP contribution < -0.4 is 9.47 Å². The first kappa shape index (κ1) is 15.8. The lowest BCUT2D eigenvalue weighted by Crippen LogP contribution is -2.02. The molecule has 0 unspecified atom stereocenters. The van der Waals surface area contributed by atoms with E-state index in [0.717, 1.165) is 0 Å². The van der Waals surface area contributed by atoms with Crippen molar-refractivity contribution in [3.63, 3.8) is 0 Å². The molecule has 0 bridgehead atoms. The largest absolute Gasteiger partial charge is 0.486 e. The summed E-state index contributed by atoms with van der Waals surface area (Å²) in [7, 11) is 1.48. The standard InChI is InChI=1S/C17H14FNO5/c1-9-13(17(20)21)14-11(24-9)5-6-12(15(14)18)23-8-10-4-3-7-19-16(10)22-2/h3-7H,8H2,1-2H3,(H,20,21). The van der Waals surface area contributed by atoms with Gasteiger partial charge in [-0.25, -0.2) is 14.2 Å². The molecule has 0 radical (unpaired) electrons. The maximum absolute atomic E-state index is 14.7. The molecule has 3 aromatic rings. The molecular formula is C17H14FNO5. The van der Waals surface area contributed by atoms with Gasteiger partial charge in [0.25, 0.3) is 0 Å². The summed E-state index contributed by atoms with van der Waals surface area (Å²) in [5.41, 5.74) is 0.599. The van der Waals surface area contributed by atoms with Crippen LogP contribution in [0.15, 0.2) is 34.9 Å². The number of fused-ring (bicyclic) bond motifs is 1. The third-order valence-electron chi connectivity index (χ3n) is 3.57.